The van der Waals surface area contributed by atoms with Gasteiger partial charge in [0.2, 0.25) is 0 Å². The molecular weight excluding hydrogens is 1130 g/mol. The average molecular weight is 1230 g/mol. The lowest BCUT2D eigenvalue weighted by atomic mass is 9.87. The van der Waals surface area contributed by atoms with Gasteiger partial charge >= 0.3 is 0 Å². The molecule has 13 aromatic rings. The van der Waals surface area contributed by atoms with Crippen LogP contribution in [0.3, 0.4) is 0 Å². The first-order valence-electron chi connectivity index (χ1n) is 33.5. The summed E-state index contributed by atoms with van der Waals surface area (Å²) >= 11 is 0. The molecule has 0 aliphatic heterocycles. The highest BCUT2D eigenvalue weighted by Gasteiger charge is 2.12. The van der Waals surface area contributed by atoms with Crippen molar-refractivity contribution in [2.24, 2.45) is 0 Å². The van der Waals surface area contributed by atoms with Crippen molar-refractivity contribution in [3.63, 3.8) is 0 Å². The van der Waals surface area contributed by atoms with E-state index in [0.29, 0.717) is 5.56 Å². The topological polar surface area (TPSA) is 62.5 Å². The van der Waals surface area contributed by atoms with Gasteiger partial charge in [-0.25, -0.2) is 4.39 Å². The normalized spacial score (nSPS) is 10.2. The number of rotatable bonds is 0. The molecule has 0 fully saturated rings. The third-order valence-electron chi connectivity index (χ3n) is 13.3. The number of hydrogen-bond acceptors (Lipinski definition) is 4. The summed E-state index contributed by atoms with van der Waals surface area (Å²) in [6.45, 7) is 30.8. The lowest BCUT2D eigenvalue weighted by molar-refractivity contribution is 0.590. The summed E-state index contributed by atoms with van der Waals surface area (Å²) in [5, 5.41) is 13.7. The Hall–Kier alpha value is -10.4. The summed E-state index contributed by atoms with van der Waals surface area (Å²) in [6.07, 6.45) is 8.97. The second kappa shape index (κ2) is 44.9. The second-order valence-corrected chi connectivity index (χ2v) is 23.1. The fourth-order valence-corrected chi connectivity index (χ4v) is 7.72. The van der Waals surface area contributed by atoms with Crippen LogP contribution in [0.25, 0.3) is 21.5 Å². The van der Waals surface area contributed by atoms with E-state index in [4.69, 9.17) is 12.1 Å². The quantitative estimate of drug-likeness (QED) is 0.152. The lowest BCUT2D eigenvalue weighted by Crippen LogP contribution is -2.10. The van der Waals surface area contributed by atoms with Crippen LogP contribution in [0.1, 0.15) is 106 Å². The maximum Gasteiger partial charge on any atom is 0.123 e. The first kappa shape index (κ1) is 68.5. The standard InChI is InChI=1S/2C11H10.C11H16.C8H7N.C8H10.C7H7F.2C7H8.3C6H7N/c1-9-5-4-7-10-6-2-3-8-11(9)10;1-9-6-7-10-4-2-3-5-11(10)8-9;1-9-5-7-10(8-6-9)11(2,3)4;1-7-2-4-8(6-9)5-3-7;1-7-3-5-8(2)6-4-7;1-6-2-4-7(8)5-3-6;2*1-7-5-3-2-4-6-7;1-6-2-4-7-5-3-6;1-6-3-2-4-7-5-6;1-6-4-2-3-5-7-6/h2*2-8H,1H3;5-8H,1-4H3;2-5H,1H3;3-6H,1-2H3;2-5H,1H3;2*2-6H,1H3;3*2-5H,1H3/i;;;;;;2D,3D,4D,5D,6D;;;;. The zero-order valence-corrected chi connectivity index (χ0v) is 57.3. The third-order valence-corrected chi connectivity index (χ3v) is 13.3. The number of benzene rings is 10. The van der Waals surface area contributed by atoms with Crippen LogP contribution in [-0.2, 0) is 5.41 Å². The van der Waals surface area contributed by atoms with Crippen molar-refractivity contribution in [2.45, 2.75) is 109 Å². The maximum absolute atomic E-state index is 12.1. The number of aryl methyl sites for hydroxylation is 11. The van der Waals surface area contributed by atoms with Gasteiger partial charge in [-0.1, -0.05) is 296 Å². The molecule has 10 aromatic carbocycles. The van der Waals surface area contributed by atoms with Crippen molar-refractivity contribution in [3.8, 4) is 6.07 Å². The van der Waals surface area contributed by atoms with Crippen LogP contribution < -0.4 is 0 Å². The zero-order chi connectivity index (χ0) is 72.4. The monoisotopic (exact) mass is 1230 g/mol. The first-order valence-corrected chi connectivity index (χ1v) is 31.0. The molecule has 0 bridgehead atoms. The van der Waals surface area contributed by atoms with Crippen LogP contribution in [0, 0.1) is 100 Å². The highest BCUT2D eigenvalue weighted by molar-refractivity contribution is 5.85. The summed E-state index contributed by atoms with van der Waals surface area (Å²) < 4.78 is 48.4. The molecule has 0 N–H and O–H groups in total. The molecule has 13 rings (SSSR count). The average Bonchev–Trinajstić information content (AvgIpc) is 0.845. The molecule has 93 heavy (non-hydrogen) atoms. The second-order valence-electron chi connectivity index (χ2n) is 23.1. The molecule has 0 amide bonds. The van der Waals surface area contributed by atoms with Gasteiger partial charge in [0.05, 0.1) is 18.5 Å². The molecular formula is C88H97FN4. The van der Waals surface area contributed by atoms with Gasteiger partial charge in [-0.15, -0.1) is 0 Å². The summed E-state index contributed by atoms with van der Waals surface area (Å²) in [6, 6.07) is 85.8. The number of aromatic nitrogens is 3. The molecule has 3 heterocycles. The summed E-state index contributed by atoms with van der Waals surface area (Å²) in [5.41, 5.74) is 16.5. The number of fused-ring (bicyclic) bond motifs is 2. The first-order chi connectivity index (χ1) is 46.7. The van der Waals surface area contributed by atoms with Crippen molar-refractivity contribution < 1.29 is 11.2 Å². The van der Waals surface area contributed by atoms with E-state index in [1.54, 1.807) is 36.9 Å². The van der Waals surface area contributed by atoms with Crippen molar-refractivity contribution in [2.75, 3.05) is 0 Å². The van der Waals surface area contributed by atoms with Crippen molar-refractivity contribution in [1.29, 1.82) is 5.26 Å². The van der Waals surface area contributed by atoms with E-state index in [9.17, 15) is 4.39 Å². The molecule has 476 valence electrons. The largest absolute Gasteiger partial charge is 0.265 e. The number of halogens is 1. The Morgan fingerprint density at radius 2 is 0.806 bits per heavy atom. The number of pyridine rings is 3. The Morgan fingerprint density at radius 1 is 0.355 bits per heavy atom. The zero-order valence-electron chi connectivity index (χ0n) is 62.3. The Kier molecular flexibility index (Phi) is 33.1. The van der Waals surface area contributed by atoms with Gasteiger partial charge in [0.15, 0.2) is 0 Å². The molecule has 4 nitrogen and oxygen atoms in total. The highest BCUT2D eigenvalue weighted by atomic mass is 19.1. The Morgan fingerprint density at radius 3 is 1.23 bits per heavy atom. The van der Waals surface area contributed by atoms with Gasteiger partial charge in [0.25, 0.3) is 0 Å². The van der Waals surface area contributed by atoms with E-state index in [1.165, 1.54) is 96.2 Å². The van der Waals surface area contributed by atoms with Gasteiger partial charge in [0, 0.05) is 36.7 Å². The van der Waals surface area contributed by atoms with Crippen LogP contribution in [-0.4, -0.2) is 15.0 Å². The minimum Gasteiger partial charge on any atom is -0.265 e. The molecule has 0 radical (unpaired) electrons. The van der Waals surface area contributed by atoms with Gasteiger partial charge in [-0.3, -0.25) is 15.0 Å². The SMILES string of the molecule is Cc1ccc(C#N)cc1.Cc1ccc(C(C)(C)C)cc1.Cc1ccc(C)cc1.Cc1ccc(F)cc1.Cc1ccc2ccccc2c1.Cc1cccc2ccccc12.Cc1ccccc1.Cc1ccccn1.Cc1cccnc1.Cc1ccncc1.[2H]c1c([2H])c([2H])c(C)c([2H])c1[2H]. The van der Waals surface area contributed by atoms with E-state index in [1.807, 2.05) is 126 Å². The molecule has 0 saturated heterocycles. The summed E-state index contributed by atoms with van der Waals surface area (Å²) in [7, 11) is 0. The minimum absolute atomic E-state index is 0.124. The highest BCUT2D eigenvalue weighted by Crippen LogP contribution is 2.22. The van der Waals surface area contributed by atoms with E-state index in [0.717, 1.165) is 16.8 Å². The number of hydrogen-bond donors (Lipinski definition) is 0. The van der Waals surface area contributed by atoms with Crippen LogP contribution in [0.5, 0.6) is 0 Å². The lowest BCUT2D eigenvalue weighted by Gasteiger charge is -2.18. The molecule has 0 saturated carbocycles. The Balaban J connectivity index is 0.000000282. The van der Waals surface area contributed by atoms with Crippen LogP contribution in [0.2, 0.25) is 0 Å². The molecule has 0 aliphatic carbocycles. The summed E-state index contributed by atoms with van der Waals surface area (Å²) in [4.78, 5) is 11.7. The van der Waals surface area contributed by atoms with Crippen LogP contribution in [0.4, 0.5) is 4.39 Å². The van der Waals surface area contributed by atoms with Gasteiger partial charge in [0.1, 0.15) is 5.82 Å². The third kappa shape index (κ3) is 36.8. The Bertz CT molecular complexity index is 4000. The van der Waals surface area contributed by atoms with Crippen LogP contribution >= 0.6 is 0 Å². The molecule has 5 heteroatoms. The van der Waals surface area contributed by atoms with Crippen LogP contribution in [0.15, 0.2) is 316 Å². The predicted molar refractivity (Wildman–Crippen MR) is 399 cm³/mol. The van der Waals surface area contributed by atoms with Gasteiger partial charge < -0.3 is 0 Å². The van der Waals surface area contributed by atoms with E-state index >= 15 is 0 Å². The van der Waals surface area contributed by atoms with Crippen molar-refractivity contribution in [1.82, 2.24) is 15.0 Å². The molecule has 0 aliphatic rings. The minimum atomic E-state index is -0.337. The van der Waals surface area contributed by atoms with Gasteiger partial charge in [-0.2, -0.15) is 5.26 Å². The van der Waals surface area contributed by atoms with Gasteiger partial charge in [-0.05, 0) is 187 Å². The molecule has 0 spiro atoms. The Labute approximate surface area is 565 Å². The fraction of sp³-hybridized carbons (Fsp3) is 0.182. The van der Waals surface area contributed by atoms with Crippen molar-refractivity contribution in [3.05, 3.63) is 400 Å². The molecule has 0 unspecified atom stereocenters. The fourth-order valence-electron chi connectivity index (χ4n) is 7.72. The van der Waals surface area contributed by atoms with E-state index < -0.39 is 0 Å². The maximum atomic E-state index is 12.1. The van der Waals surface area contributed by atoms with Crippen molar-refractivity contribution >= 4 is 21.5 Å². The molecule has 0 atom stereocenters. The summed E-state index contributed by atoms with van der Waals surface area (Å²) in [5.74, 6) is -0.171. The number of nitrogens with zero attached hydrogens (tertiary/aromatic N) is 4. The predicted octanol–water partition coefficient (Wildman–Crippen LogP) is 24.1. The van der Waals surface area contributed by atoms with E-state index in [2.05, 4.69) is 229 Å². The molecule has 3 aromatic heterocycles. The van der Waals surface area contributed by atoms with E-state index in [-0.39, 0.29) is 41.4 Å². The smallest absolute Gasteiger partial charge is 0.123 e. The number of nitriles is 1.